The third kappa shape index (κ3) is 6.25. The Morgan fingerprint density at radius 1 is 1.80 bits per heavy atom. The van der Waals surface area contributed by atoms with Gasteiger partial charge in [0.25, 0.3) is 5.12 Å². The summed E-state index contributed by atoms with van der Waals surface area (Å²) < 4.78 is 4.41. The number of hydrogen-bond donors (Lipinski definition) is 3. The quantitative estimate of drug-likeness (QED) is 0.337. The van der Waals surface area contributed by atoms with E-state index in [-0.39, 0.29) is 6.42 Å². The lowest BCUT2D eigenvalue weighted by molar-refractivity contribution is -0.171. The number of rotatable bonds is 3. The summed E-state index contributed by atoms with van der Waals surface area (Å²) in [5.74, 6) is -0.0992. The Balaban J connectivity index is 3.58. The molecule has 3 nitrogen and oxygen atoms in total. The molecule has 0 aromatic carbocycles. The highest BCUT2D eigenvalue weighted by Gasteiger charge is 2.18. The van der Waals surface area contributed by atoms with E-state index in [0.29, 0.717) is 5.75 Å². The predicted octanol–water partition coefficient (Wildman–Crippen LogP) is 0.445. The van der Waals surface area contributed by atoms with Gasteiger partial charge in [-0.15, -0.1) is 12.6 Å². The van der Waals surface area contributed by atoms with E-state index in [4.69, 9.17) is 5.11 Å². The zero-order chi connectivity index (χ0) is 8.20. The van der Waals surface area contributed by atoms with Crippen molar-refractivity contribution < 1.29 is 14.6 Å². The second-order valence-electron chi connectivity index (χ2n) is 1.88. The normalized spacial score (nSPS) is 16.0. The molecule has 0 aromatic heterocycles. The lowest BCUT2D eigenvalue weighted by Gasteiger charge is -2.15. The molecule has 0 radical (unpaired) electrons. The van der Waals surface area contributed by atoms with Crippen LogP contribution in [0, 0.1) is 0 Å². The fraction of sp³-hybridized carbons (Fsp3) is 0.800. The molecule has 0 bridgehead atoms. The van der Waals surface area contributed by atoms with Crippen LogP contribution in [0.15, 0.2) is 0 Å². The van der Waals surface area contributed by atoms with Gasteiger partial charge in [0.15, 0.2) is 0 Å². The minimum Gasteiger partial charge on any atom is -0.424 e. The summed E-state index contributed by atoms with van der Waals surface area (Å²) in [5, 5.41) is 7.14. The van der Waals surface area contributed by atoms with Crippen LogP contribution in [0.1, 0.15) is 13.3 Å². The van der Waals surface area contributed by atoms with E-state index in [1.54, 1.807) is 0 Å². The molecule has 0 heterocycles. The van der Waals surface area contributed by atoms with Crippen LogP contribution in [0.2, 0.25) is 0 Å². The van der Waals surface area contributed by atoms with Gasteiger partial charge < -0.3 is 9.84 Å². The van der Waals surface area contributed by atoms with Gasteiger partial charge in [0.2, 0.25) is 0 Å². The molecule has 0 aliphatic carbocycles. The van der Waals surface area contributed by atoms with E-state index >= 15 is 0 Å². The summed E-state index contributed by atoms with van der Waals surface area (Å²) in [6, 6.07) is 0. The number of ether oxygens (including phenoxy) is 1. The highest BCUT2D eigenvalue weighted by atomic mass is 32.1. The molecule has 0 aliphatic rings. The molecule has 10 heavy (non-hydrogen) atoms. The second-order valence-corrected chi connectivity index (χ2v) is 3.16. The number of thiol groups is 2. The van der Waals surface area contributed by atoms with E-state index in [0.717, 1.165) is 0 Å². The SMILES string of the molecule is CC(O)(S)OC(=O)CCS. The van der Waals surface area contributed by atoms with Gasteiger partial charge in [0.05, 0.1) is 6.42 Å². The number of hydrogen-bond acceptors (Lipinski definition) is 5. The summed E-state index contributed by atoms with van der Waals surface area (Å²) in [5.41, 5.74) is 0. The molecule has 0 aliphatic heterocycles. The van der Waals surface area contributed by atoms with Crippen LogP contribution in [0.5, 0.6) is 0 Å². The lowest BCUT2D eigenvalue weighted by atomic mass is 10.5. The highest BCUT2D eigenvalue weighted by Crippen LogP contribution is 2.10. The minimum atomic E-state index is -1.67. The molecule has 1 atom stereocenters. The number of carbonyl (C=O) groups excluding carboxylic acids is 1. The summed E-state index contributed by atoms with van der Waals surface area (Å²) in [6.07, 6.45) is 0.180. The van der Waals surface area contributed by atoms with Crippen molar-refractivity contribution in [3.05, 3.63) is 0 Å². The van der Waals surface area contributed by atoms with Crippen LogP contribution in [0.3, 0.4) is 0 Å². The Hall–Kier alpha value is 0.130. The number of carbonyl (C=O) groups is 1. The third-order valence-electron chi connectivity index (χ3n) is 0.623. The van der Waals surface area contributed by atoms with E-state index < -0.39 is 11.1 Å². The van der Waals surface area contributed by atoms with Crippen LogP contribution in [0.4, 0.5) is 0 Å². The first kappa shape index (κ1) is 10.1. The molecule has 0 saturated carbocycles. The molecule has 60 valence electrons. The zero-order valence-corrected chi connectivity index (χ0v) is 7.36. The third-order valence-corrected chi connectivity index (χ3v) is 0.938. The van der Waals surface area contributed by atoms with Gasteiger partial charge in [-0.3, -0.25) is 4.79 Å². The van der Waals surface area contributed by atoms with Gasteiger partial charge in [-0.25, -0.2) is 0 Å². The maximum Gasteiger partial charge on any atom is 0.309 e. The van der Waals surface area contributed by atoms with Crippen molar-refractivity contribution in [2.45, 2.75) is 18.5 Å². The first-order chi connectivity index (χ1) is 4.45. The van der Waals surface area contributed by atoms with Gasteiger partial charge in [-0.1, -0.05) is 0 Å². The van der Waals surface area contributed by atoms with Crippen LogP contribution in [0.25, 0.3) is 0 Å². The molecule has 0 aromatic rings. The minimum absolute atomic E-state index is 0.180. The van der Waals surface area contributed by atoms with Crippen molar-refractivity contribution in [1.29, 1.82) is 0 Å². The van der Waals surface area contributed by atoms with Crippen LogP contribution < -0.4 is 0 Å². The Bertz CT molecular complexity index is 119. The molecule has 0 amide bonds. The van der Waals surface area contributed by atoms with Gasteiger partial charge >= 0.3 is 5.97 Å². The van der Waals surface area contributed by atoms with E-state index in [9.17, 15) is 4.79 Å². The maximum absolute atomic E-state index is 10.6. The maximum atomic E-state index is 10.6. The largest absolute Gasteiger partial charge is 0.424 e. The summed E-state index contributed by atoms with van der Waals surface area (Å²) >= 11 is 7.38. The first-order valence-corrected chi connectivity index (χ1v) is 3.81. The Labute approximate surface area is 70.6 Å². The standard InChI is InChI=1S/C5H10O3S2/c1-5(7,10)8-4(6)2-3-9/h7,9-10H,2-3H2,1H3. The molecule has 0 rings (SSSR count). The molecule has 0 saturated heterocycles. The van der Waals surface area contributed by atoms with Crippen LogP contribution >= 0.6 is 25.3 Å². The highest BCUT2D eigenvalue weighted by molar-refractivity contribution is 7.81. The monoisotopic (exact) mass is 182 g/mol. The van der Waals surface area contributed by atoms with Crippen molar-refractivity contribution in [2.24, 2.45) is 0 Å². The molecular weight excluding hydrogens is 172 g/mol. The Kier molecular flexibility index (Phi) is 4.15. The topological polar surface area (TPSA) is 46.5 Å². The fourth-order valence-corrected chi connectivity index (χ4v) is 0.642. The van der Waals surface area contributed by atoms with E-state index in [1.165, 1.54) is 6.92 Å². The Morgan fingerprint density at radius 2 is 2.30 bits per heavy atom. The van der Waals surface area contributed by atoms with Crippen molar-refractivity contribution in [3.8, 4) is 0 Å². The van der Waals surface area contributed by atoms with Gasteiger partial charge in [0, 0.05) is 12.7 Å². The van der Waals surface area contributed by atoms with Gasteiger partial charge in [0.1, 0.15) is 0 Å². The van der Waals surface area contributed by atoms with Crippen LogP contribution in [-0.4, -0.2) is 21.9 Å². The van der Waals surface area contributed by atoms with Crippen molar-refractivity contribution in [2.75, 3.05) is 5.75 Å². The number of aliphatic hydroxyl groups is 1. The molecule has 5 heteroatoms. The summed E-state index contributed by atoms with van der Waals surface area (Å²) in [6.45, 7) is 1.27. The van der Waals surface area contributed by atoms with Gasteiger partial charge in [-0.2, -0.15) is 12.6 Å². The molecular formula is C5H10O3S2. The predicted molar refractivity (Wildman–Crippen MR) is 44.2 cm³/mol. The van der Waals surface area contributed by atoms with Crippen molar-refractivity contribution in [1.82, 2.24) is 0 Å². The van der Waals surface area contributed by atoms with Crippen molar-refractivity contribution >= 4 is 31.2 Å². The summed E-state index contributed by atoms with van der Waals surface area (Å²) in [4.78, 5) is 10.6. The fourth-order valence-electron chi connectivity index (χ4n) is 0.358. The molecule has 0 spiro atoms. The van der Waals surface area contributed by atoms with E-state index in [1.807, 2.05) is 0 Å². The second kappa shape index (κ2) is 4.10. The molecule has 0 fully saturated rings. The average Bonchev–Trinajstić information content (AvgIpc) is 1.59. The average molecular weight is 182 g/mol. The number of esters is 1. The van der Waals surface area contributed by atoms with Crippen molar-refractivity contribution in [3.63, 3.8) is 0 Å². The molecule has 1 unspecified atom stereocenters. The lowest BCUT2D eigenvalue weighted by Crippen LogP contribution is -2.24. The first-order valence-electron chi connectivity index (χ1n) is 2.73. The van der Waals surface area contributed by atoms with Crippen LogP contribution in [-0.2, 0) is 9.53 Å². The smallest absolute Gasteiger partial charge is 0.309 e. The molecule has 1 N–H and O–H groups in total. The van der Waals surface area contributed by atoms with Gasteiger partial charge in [-0.05, 0) is 0 Å². The zero-order valence-electron chi connectivity index (χ0n) is 5.57. The summed E-state index contributed by atoms with van der Waals surface area (Å²) in [7, 11) is 0. The Morgan fingerprint density at radius 3 is 2.60 bits per heavy atom. The van der Waals surface area contributed by atoms with E-state index in [2.05, 4.69) is 30.0 Å².